The standard InChI is InChI=1S/C12H25N5O2S2/c1-7-17(9(2)8-15(3)4)12-10(11(13)14-20-12)21(18,19)16(5)6/h9H,7-8H2,1-6H3,(H2,13,14). The second kappa shape index (κ2) is 6.91. The van der Waals surface area contributed by atoms with Gasteiger partial charge in [-0.1, -0.05) is 0 Å². The van der Waals surface area contributed by atoms with Crippen molar-refractivity contribution in [2.75, 3.05) is 51.9 Å². The minimum atomic E-state index is -3.61. The molecule has 1 aromatic rings. The third-order valence-electron chi connectivity index (χ3n) is 3.16. The van der Waals surface area contributed by atoms with E-state index in [0.717, 1.165) is 18.1 Å². The number of likely N-dealkylation sites (N-methyl/N-ethyl adjacent to an activating group) is 2. The number of nitrogens with zero attached hydrogens (tertiary/aromatic N) is 4. The first-order chi connectivity index (χ1) is 9.62. The normalized spacial score (nSPS) is 13.9. The number of nitrogen functional groups attached to an aromatic ring is 1. The Morgan fingerprint density at radius 1 is 1.29 bits per heavy atom. The van der Waals surface area contributed by atoms with E-state index < -0.39 is 10.0 Å². The van der Waals surface area contributed by atoms with Crippen LogP contribution in [-0.4, -0.2) is 69.3 Å². The number of hydrogen-bond donors (Lipinski definition) is 1. The van der Waals surface area contributed by atoms with Crippen molar-refractivity contribution in [3.8, 4) is 0 Å². The molecule has 0 aliphatic carbocycles. The molecular formula is C12H25N5O2S2. The first-order valence-corrected chi connectivity index (χ1v) is 8.93. The summed E-state index contributed by atoms with van der Waals surface area (Å²) in [7, 11) is 3.36. The average Bonchev–Trinajstić information content (AvgIpc) is 2.71. The van der Waals surface area contributed by atoms with Gasteiger partial charge in [-0.05, 0) is 39.5 Å². The first kappa shape index (κ1) is 18.1. The van der Waals surface area contributed by atoms with Crippen molar-refractivity contribution in [2.45, 2.75) is 24.8 Å². The maximum atomic E-state index is 12.5. The molecule has 7 nitrogen and oxygen atoms in total. The molecule has 1 aromatic heterocycles. The first-order valence-electron chi connectivity index (χ1n) is 6.71. The summed E-state index contributed by atoms with van der Waals surface area (Å²) in [4.78, 5) is 4.22. The highest BCUT2D eigenvalue weighted by molar-refractivity contribution is 7.89. The van der Waals surface area contributed by atoms with Gasteiger partial charge in [-0.15, -0.1) is 0 Å². The van der Waals surface area contributed by atoms with Crippen LogP contribution in [-0.2, 0) is 10.0 Å². The maximum Gasteiger partial charge on any atom is 0.249 e. The molecule has 0 fully saturated rings. The van der Waals surface area contributed by atoms with Crippen molar-refractivity contribution in [3.05, 3.63) is 0 Å². The topological polar surface area (TPSA) is 82.8 Å². The zero-order valence-electron chi connectivity index (χ0n) is 13.5. The second-order valence-electron chi connectivity index (χ2n) is 5.39. The summed E-state index contributed by atoms with van der Waals surface area (Å²) in [5.41, 5.74) is 5.82. The molecule has 0 amide bonds. The number of aromatic nitrogens is 1. The SMILES string of the molecule is CCN(c1snc(N)c1S(=O)(=O)N(C)C)C(C)CN(C)C. The smallest absolute Gasteiger partial charge is 0.249 e. The van der Waals surface area contributed by atoms with Crippen LogP contribution in [0.1, 0.15) is 13.8 Å². The van der Waals surface area contributed by atoms with Gasteiger partial charge in [0.05, 0.1) is 0 Å². The molecule has 0 aromatic carbocycles. The van der Waals surface area contributed by atoms with Crippen LogP contribution in [0.15, 0.2) is 4.90 Å². The summed E-state index contributed by atoms with van der Waals surface area (Å²) in [6.45, 7) is 5.55. The summed E-state index contributed by atoms with van der Waals surface area (Å²) in [5.74, 6) is 0.0687. The maximum absolute atomic E-state index is 12.5. The summed E-state index contributed by atoms with van der Waals surface area (Å²) in [6.07, 6.45) is 0. The average molecular weight is 335 g/mol. The van der Waals surface area contributed by atoms with Gasteiger partial charge in [-0.25, -0.2) is 12.7 Å². The molecule has 122 valence electrons. The molecule has 1 heterocycles. The van der Waals surface area contributed by atoms with E-state index in [9.17, 15) is 8.42 Å². The molecule has 1 rings (SSSR count). The van der Waals surface area contributed by atoms with E-state index in [4.69, 9.17) is 5.73 Å². The molecular weight excluding hydrogens is 310 g/mol. The lowest BCUT2D eigenvalue weighted by atomic mass is 10.2. The molecule has 0 aliphatic heterocycles. The van der Waals surface area contributed by atoms with E-state index in [1.165, 1.54) is 18.4 Å². The lowest BCUT2D eigenvalue weighted by molar-refractivity contribution is 0.373. The van der Waals surface area contributed by atoms with Crippen LogP contribution in [0.4, 0.5) is 10.8 Å². The Morgan fingerprint density at radius 2 is 1.86 bits per heavy atom. The van der Waals surface area contributed by atoms with E-state index >= 15 is 0 Å². The predicted molar refractivity (Wildman–Crippen MR) is 88.4 cm³/mol. The van der Waals surface area contributed by atoms with E-state index in [0.29, 0.717) is 11.5 Å². The van der Waals surface area contributed by atoms with Gasteiger partial charge in [0.1, 0.15) is 5.00 Å². The molecule has 0 saturated heterocycles. The summed E-state index contributed by atoms with van der Waals surface area (Å²) in [5, 5.41) is 0.609. The summed E-state index contributed by atoms with van der Waals surface area (Å²) >= 11 is 1.14. The van der Waals surface area contributed by atoms with Crippen molar-refractivity contribution < 1.29 is 8.42 Å². The van der Waals surface area contributed by atoms with Crippen molar-refractivity contribution in [3.63, 3.8) is 0 Å². The Labute approximate surface area is 131 Å². The number of sulfonamides is 1. The van der Waals surface area contributed by atoms with Crippen LogP contribution in [0.5, 0.6) is 0 Å². The predicted octanol–water partition coefficient (Wildman–Crippen LogP) is 0.752. The monoisotopic (exact) mass is 335 g/mol. The van der Waals surface area contributed by atoms with Gasteiger partial charge in [-0.3, -0.25) is 0 Å². The molecule has 21 heavy (non-hydrogen) atoms. The zero-order chi connectivity index (χ0) is 16.4. The van der Waals surface area contributed by atoms with E-state index in [-0.39, 0.29) is 16.8 Å². The van der Waals surface area contributed by atoms with Crippen LogP contribution < -0.4 is 10.6 Å². The van der Waals surface area contributed by atoms with Crippen LogP contribution in [0.3, 0.4) is 0 Å². The largest absolute Gasteiger partial charge is 0.382 e. The second-order valence-corrected chi connectivity index (χ2v) is 8.23. The molecule has 2 N–H and O–H groups in total. The van der Waals surface area contributed by atoms with E-state index in [1.54, 1.807) is 0 Å². The van der Waals surface area contributed by atoms with Crippen molar-refractivity contribution in [1.29, 1.82) is 0 Å². The Hall–Kier alpha value is -0.900. The fourth-order valence-electron chi connectivity index (χ4n) is 2.18. The number of anilines is 2. The van der Waals surface area contributed by atoms with E-state index in [2.05, 4.69) is 16.2 Å². The Kier molecular flexibility index (Phi) is 5.97. The van der Waals surface area contributed by atoms with Crippen molar-refractivity contribution >= 4 is 32.4 Å². The van der Waals surface area contributed by atoms with Crippen LogP contribution in [0, 0.1) is 0 Å². The lowest BCUT2D eigenvalue weighted by Gasteiger charge is -2.31. The number of rotatable bonds is 7. The fourth-order valence-corrected chi connectivity index (χ4v) is 4.55. The molecule has 1 unspecified atom stereocenters. The van der Waals surface area contributed by atoms with Gasteiger partial charge in [0.2, 0.25) is 10.0 Å². The zero-order valence-corrected chi connectivity index (χ0v) is 15.1. The van der Waals surface area contributed by atoms with Crippen LogP contribution in [0.2, 0.25) is 0 Å². The lowest BCUT2D eigenvalue weighted by Crippen LogP contribution is -2.40. The van der Waals surface area contributed by atoms with E-state index in [1.807, 2.05) is 25.9 Å². The third kappa shape index (κ3) is 3.85. The molecule has 9 heteroatoms. The summed E-state index contributed by atoms with van der Waals surface area (Å²) in [6, 6.07) is 0.154. The van der Waals surface area contributed by atoms with Crippen molar-refractivity contribution in [2.24, 2.45) is 0 Å². The summed E-state index contributed by atoms with van der Waals surface area (Å²) < 4.78 is 30.2. The highest BCUT2D eigenvalue weighted by Gasteiger charge is 2.31. The van der Waals surface area contributed by atoms with Gasteiger partial charge in [0.15, 0.2) is 10.7 Å². The quantitative estimate of drug-likeness (QED) is 0.792. The highest BCUT2D eigenvalue weighted by Crippen LogP contribution is 2.36. The van der Waals surface area contributed by atoms with Crippen LogP contribution >= 0.6 is 11.5 Å². The van der Waals surface area contributed by atoms with Gasteiger partial charge < -0.3 is 15.5 Å². The molecule has 0 saturated carbocycles. The molecule has 1 atom stereocenters. The van der Waals surface area contributed by atoms with Gasteiger partial charge in [-0.2, -0.15) is 4.37 Å². The Bertz CT molecular complexity index is 568. The highest BCUT2D eigenvalue weighted by atomic mass is 32.2. The molecule has 0 aliphatic rings. The van der Waals surface area contributed by atoms with Gasteiger partial charge in [0, 0.05) is 33.2 Å². The van der Waals surface area contributed by atoms with Crippen molar-refractivity contribution in [1.82, 2.24) is 13.6 Å². The van der Waals surface area contributed by atoms with Gasteiger partial charge >= 0.3 is 0 Å². The molecule has 0 radical (unpaired) electrons. The molecule has 0 bridgehead atoms. The Balaban J connectivity index is 3.31. The Morgan fingerprint density at radius 3 is 2.29 bits per heavy atom. The molecule has 0 spiro atoms. The number of hydrogen-bond acceptors (Lipinski definition) is 7. The van der Waals surface area contributed by atoms with Crippen LogP contribution in [0.25, 0.3) is 0 Å². The minimum Gasteiger partial charge on any atom is -0.382 e. The fraction of sp³-hybridized carbons (Fsp3) is 0.750. The third-order valence-corrected chi connectivity index (χ3v) is 6.07. The van der Waals surface area contributed by atoms with Gasteiger partial charge in [0.25, 0.3) is 0 Å². The minimum absolute atomic E-state index is 0.0687. The number of nitrogens with two attached hydrogens (primary N) is 1.